The van der Waals surface area contributed by atoms with Crippen LogP contribution in [0.1, 0.15) is 46.9 Å². The van der Waals surface area contributed by atoms with Gasteiger partial charge in [0.1, 0.15) is 5.02 Å². The fraction of sp³-hybridized carbons (Fsp3) is 0.400. The molecule has 1 amide bonds. The number of pyridine rings is 1. The third-order valence-corrected chi connectivity index (χ3v) is 4.35. The normalized spacial score (nSPS) is 18.5. The Morgan fingerprint density at radius 3 is 2.95 bits per heavy atom. The van der Waals surface area contributed by atoms with Gasteiger partial charge >= 0.3 is 0 Å². The maximum absolute atomic E-state index is 12.8. The van der Waals surface area contributed by atoms with Crippen molar-refractivity contribution < 1.29 is 4.79 Å². The highest BCUT2D eigenvalue weighted by Crippen LogP contribution is 2.32. The summed E-state index contributed by atoms with van der Waals surface area (Å²) in [5.41, 5.74) is 2.03. The molecule has 22 heavy (non-hydrogen) atoms. The van der Waals surface area contributed by atoms with Gasteiger partial charge in [0.05, 0.1) is 23.5 Å². The summed E-state index contributed by atoms with van der Waals surface area (Å²) in [6.07, 6.45) is 6.11. The van der Waals surface area contributed by atoms with Crippen molar-refractivity contribution in [1.82, 2.24) is 20.1 Å². The molecule has 1 fully saturated rings. The molecule has 0 radical (unpaired) electrons. The lowest BCUT2D eigenvalue weighted by Gasteiger charge is -2.35. The summed E-state index contributed by atoms with van der Waals surface area (Å²) in [7, 11) is 0. The average molecular weight is 321 g/mol. The molecule has 7 heteroatoms. The molecule has 3 rings (SSSR count). The van der Waals surface area contributed by atoms with Gasteiger partial charge in [-0.2, -0.15) is 5.10 Å². The molecule has 1 aliphatic rings. The Labute approximate surface area is 132 Å². The van der Waals surface area contributed by atoms with E-state index < -0.39 is 5.56 Å². The fourth-order valence-corrected chi connectivity index (χ4v) is 3.09. The lowest BCUT2D eigenvalue weighted by Crippen LogP contribution is -2.39. The van der Waals surface area contributed by atoms with Gasteiger partial charge in [-0.05, 0) is 37.8 Å². The zero-order valence-electron chi connectivity index (χ0n) is 12.2. The van der Waals surface area contributed by atoms with E-state index in [1.54, 1.807) is 6.20 Å². The highest BCUT2D eigenvalue weighted by molar-refractivity contribution is 6.30. The number of nitrogens with zero attached hydrogens (tertiary/aromatic N) is 2. The van der Waals surface area contributed by atoms with Gasteiger partial charge in [0.2, 0.25) is 0 Å². The second-order valence-electron chi connectivity index (χ2n) is 5.54. The van der Waals surface area contributed by atoms with E-state index in [0.717, 1.165) is 30.5 Å². The van der Waals surface area contributed by atoms with E-state index in [4.69, 9.17) is 11.6 Å². The van der Waals surface area contributed by atoms with E-state index in [1.807, 2.05) is 11.8 Å². The Morgan fingerprint density at radius 1 is 1.45 bits per heavy atom. The minimum absolute atomic E-state index is 0.0190. The number of aromatic nitrogens is 3. The number of halogens is 1. The molecule has 2 aromatic heterocycles. The Bertz CT molecular complexity index is 752. The van der Waals surface area contributed by atoms with Crippen molar-refractivity contribution in [2.75, 3.05) is 6.54 Å². The van der Waals surface area contributed by atoms with Crippen molar-refractivity contribution >= 4 is 17.5 Å². The maximum atomic E-state index is 12.8. The van der Waals surface area contributed by atoms with Crippen LogP contribution in [0.4, 0.5) is 0 Å². The van der Waals surface area contributed by atoms with Gasteiger partial charge in [0.15, 0.2) is 0 Å². The summed E-state index contributed by atoms with van der Waals surface area (Å²) in [4.78, 5) is 28.5. The predicted octanol–water partition coefficient (Wildman–Crippen LogP) is 2.43. The van der Waals surface area contributed by atoms with Gasteiger partial charge in [-0.15, -0.1) is 0 Å². The van der Waals surface area contributed by atoms with Crippen molar-refractivity contribution in [3.63, 3.8) is 0 Å². The topological polar surface area (TPSA) is 81.8 Å². The molecule has 0 aliphatic carbocycles. The number of H-pyrrole nitrogens is 2. The molecule has 6 nitrogen and oxygen atoms in total. The van der Waals surface area contributed by atoms with Gasteiger partial charge in [-0.3, -0.25) is 14.7 Å². The molecule has 1 saturated heterocycles. The monoisotopic (exact) mass is 320 g/mol. The molecule has 3 heterocycles. The molecular formula is C15H17ClN4O2. The van der Waals surface area contributed by atoms with Crippen LogP contribution in [0.2, 0.25) is 5.02 Å². The van der Waals surface area contributed by atoms with Crippen LogP contribution in [-0.4, -0.2) is 32.5 Å². The number of carbonyl (C=O) groups excluding carboxylic acids is 1. The zero-order valence-corrected chi connectivity index (χ0v) is 13.0. The minimum atomic E-state index is -0.391. The molecular weight excluding hydrogens is 304 g/mol. The average Bonchev–Trinajstić information content (AvgIpc) is 2.95. The van der Waals surface area contributed by atoms with E-state index in [0.29, 0.717) is 12.1 Å². The number of rotatable bonds is 2. The number of piperidine rings is 1. The third kappa shape index (κ3) is 2.66. The Balaban J connectivity index is 1.93. The second kappa shape index (κ2) is 5.96. The fourth-order valence-electron chi connectivity index (χ4n) is 2.91. The van der Waals surface area contributed by atoms with Gasteiger partial charge in [0.25, 0.3) is 11.5 Å². The molecule has 2 N–H and O–H groups in total. The van der Waals surface area contributed by atoms with Gasteiger partial charge in [-0.1, -0.05) is 11.6 Å². The summed E-state index contributed by atoms with van der Waals surface area (Å²) in [5.74, 6) is -0.128. The summed E-state index contributed by atoms with van der Waals surface area (Å²) in [5, 5.41) is 7.09. The van der Waals surface area contributed by atoms with Crippen LogP contribution in [0.25, 0.3) is 0 Å². The number of nitrogens with one attached hydrogen (secondary N) is 2. The van der Waals surface area contributed by atoms with Crippen molar-refractivity contribution in [1.29, 1.82) is 0 Å². The predicted molar refractivity (Wildman–Crippen MR) is 83.0 cm³/mol. The van der Waals surface area contributed by atoms with E-state index >= 15 is 0 Å². The lowest BCUT2D eigenvalue weighted by molar-refractivity contribution is 0.0605. The summed E-state index contributed by atoms with van der Waals surface area (Å²) >= 11 is 5.83. The Hall–Kier alpha value is -2.08. The molecule has 116 valence electrons. The standard InChI is InChI=1S/C15H17ClN4O2/c1-9-7-18-19-13(9)12-4-2-3-5-20(12)15(22)10-6-11(16)14(21)17-8-10/h6-8,12H,2-5H2,1H3,(H,17,21)(H,18,19)/t12-/m1/s1. The van der Waals surface area contributed by atoms with Crippen LogP contribution in [-0.2, 0) is 0 Å². The van der Waals surface area contributed by atoms with E-state index in [-0.39, 0.29) is 17.0 Å². The number of hydrogen-bond acceptors (Lipinski definition) is 3. The van der Waals surface area contributed by atoms with Crippen LogP contribution in [0.15, 0.2) is 23.3 Å². The Kier molecular flexibility index (Phi) is 4.02. The summed E-state index contributed by atoms with van der Waals surface area (Å²) in [6, 6.07) is 1.41. The number of carbonyl (C=O) groups is 1. The lowest BCUT2D eigenvalue weighted by atomic mass is 9.96. The Morgan fingerprint density at radius 2 is 2.27 bits per heavy atom. The van der Waals surface area contributed by atoms with Crippen molar-refractivity contribution in [3.8, 4) is 0 Å². The molecule has 1 atom stereocenters. The van der Waals surface area contributed by atoms with E-state index in [9.17, 15) is 9.59 Å². The molecule has 2 aromatic rings. The van der Waals surface area contributed by atoms with Gasteiger partial charge < -0.3 is 9.88 Å². The first kappa shape index (κ1) is 14.8. The first-order valence-electron chi connectivity index (χ1n) is 7.27. The SMILES string of the molecule is Cc1cn[nH]c1[C@H]1CCCCN1C(=O)c1c[nH]c(=O)c(Cl)c1. The number of aryl methyl sites for hydroxylation is 1. The number of aromatic amines is 2. The molecule has 0 saturated carbocycles. The van der Waals surface area contributed by atoms with Crippen LogP contribution < -0.4 is 5.56 Å². The van der Waals surface area contributed by atoms with Crippen molar-refractivity contribution in [3.05, 3.63) is 50.7 Å². The van der Waals surface area contributed by atoms with Gasteiger partial charge in [0, 0.05) is 12.7 Å². The molecule has 0 spiro atoms. The highest BCUT2D eigenvalue weighted by atomic mass is 35.5. The van der Waals surface area contributed by atoms with E-state index in [2.05, 4.69) is 15.2 Å². The number of amides is 1. The molecule has 0 unspecified atom stereocenters. The van der Waals surface area contributed by atoms with E-state index in [1.165, 1.54) is 12.3 Å². The largest absolute Gasteiger partial charge is 0.330 e. The number of likely N-dealkylation sites (tertiary alicyclic amines) is 1. The van der Waals surface area contributed by atoms with Crippen LogP contribution in [0.5, 0.6) is 0 Å². The third-order valence-electron chi connectivity index (χ3n) is 4.07. The smallest absolute Gasteiger partial charge is 0.266 e. The maximum Gasteiger partial charge on any atom is 0.266 e. The molecule has 0 bridgehead atoms. The quantitative estimate of drug-likeness (QED) is 0.891. The second-order valence-corrected chi connectivity index (χ2v) is 5.95. The minimum Gasteiger partial charge on any atom is -0.330 e. The first-order chi connectivity index (χ1) is 10.6. The first-order valence-corrected chi connectivity index (χ1v) is 7.65. The van der Waals surface area contributed by atoms with Crippen LogP contribution in [0, 0.1) is 6.92 Å². The van der Waals surface area contributed by atoms with Crippen molar-refractivity contribution in [2.45, 2.75) is 32.2 Å². The number of hydrogen-bond donors (Lipinski definition) is 2. The van der Waals surface area contributed by atoms with Crippen molar-refractivity contribution in [2.24, 2.45) is 0 Å². The highest BCUT2D eigenvalue weighted by Gasteiger charge is 2.30. The summed E-state index contributed by atoms with van der Waals surface area (Å²) < 4.78 is 0. The molecule has 1 aliphatic heterocycles. The van der Waals surface area contributed by atoms with Gasteiger partial charge in [-0.25, -0.2) is 0 Å². The zero-order chi connectivity index (χ0) is 15.7. The summed E-state index contributed by atoms with van der Waals surface area (Å²) in [6.45, 7) is 2.66. The van der Waals surface area contributed by atoms with Crippen LogP contribution >= 0.6 is 11.6 Å². The molecule has 0 aromatic carbocycles. The van der Waals surface area contributed by atoms with Crippen LogP contribution in [0.3, 0.4) is 0 Å².